The molecule has 0 fully saturated rings. The number of fused-ring (bicyclic) bond motifs is 1. The van der Waals surface area contributed by atoms with Gasteiger partial charge in [-0.05, 0) is 31.0 Å². The standard InChI is InChI=1S/C17H20ClN3O/c1-3-4-11-9-20-10(2)21-16(11)15-7-13(18)5-12-6-14(8-19)22-17(12)15/h5,7,9,14H,3-4,6,8,19H2,1-2H3/t14-/m1/s1. The minimum Gasteiger partial charge on any atom is -0.488 e. The van der Waals surface area contributed by atoms with Crippen LogP contribution in [0.2, 0.25) is 5.02 Å². The average Bonchev–Trinajstić information content (AvgIpc) is 2.91. The van der Waals surface area contributed by atoms with Crippen LogP contribution in [0.25, 0.3) is 11.3 Å². The minimum atomic E-state index is 0.0183. The van der Waals surface area contributed by atoms with Gasteiger partial charge in [-0.25, -0.2) is 9.97 Å². The lowest BCUT2D eigenvalue weighted by atomic mass is 9.99. The Balaban J connectivity index is 2.16. The van der Waals surface area contributed by atoms with E-state index in [1.165, 1.54) is 0 Å². The second kappa shape index (κ2) is 6.23. The van der Waals surface area contributed by atoms with Gasteiger partial charge in [-0.15, -0.1) is 0 Å². The summed E-state index contributed by atoms with van der Waals surface area (Å²) in [4.78, 5) is 8.98. The van der Waals surface area contributed by atoms with Gasteiger partial charge in [0.15, 0.2) is 0 Å². The highest BCUT2D eigenvalue weighted by Crippen LogP contribution is 2.41. The van der Waals surface area contributed by atoms with Gasteiger partial charge in [-0.1, -0.05) is 24.9 Å². The van der Waals surface area contributed by atoms with E-state index in [0.717, 1.165) is 53.2 Å². The number of nitrogens with zero attached hydrogens (tertiary/aromatic N) is 2. The summed E-state index contributed by atoms with van der Waals surface area (Å²) >= 11 is 6.31. The fourth-order valence-electron chi connectivity index (χ4n) is 2.88. The zero-order chi connectivity index (χ0) is 15.7. The molecule has 5 heteroatoms. The molecule has 3 rings (SSSR count). The lowest BCUT2D eigenvalue weighted by Gasteiger charge is -2.14. The first kappa shape index (κ1) is 15.3. The Kier molecular flexibility index (Phi) is 4.32. The molecule has 22 heavy (non-hydrogen) atoms. The van der Waals surface area contributed by atoms with E-state index in [2.05, 4.69) is 16.9 Å². The van der Waals surface area contributed by atoms with Crippen LogP contribution in [0.15, 0.2) is 18.3 Å². The normalized spacial score (nSPS) is 16.5. The van der Waals surface area contributed by atoms with Crippen molar-refractivity contribution in [3.63, 3.8) is 0 Å². The van der Waals surface area contributed by atoms with Crippen molar-refractivity contribution in [2.45, 2.75) is 39.2 Å². The van der Waals surface area contributed by atoms with Gasteiger partial charge in [0.1, 0.15) is 17.7 Å². The van der Waals surface area contributed by atoms with Crippen LogP contribution >= 0.6 is 11.6 Å². The maximum absolute atomic E-state index is 6.31. The first-order valence-electron chi connectivity index (χ1n) is 7.64. The molecule has 1 atom stereocenters. The zero-order valence-electron chi connectivity index (χ0n) is 12.9. The monoisotopic (exact) mass is 317 g/mol. The quantitative estimate of drug-likeness (QED) is 0.939. The number of halogens is 1. The number of hydrogen-bond acceptors (Lipinski definition) is 4. The SMILES string of the molecule is CCCc1cnc(C)nc1-c1cc(Cl)cc2c1O[C@@H](CN)C2. The Hall–Kier alpha value is -1.65. The fourth-order valence-corrected chi connectivity index (χ4v) is 3.12. The molecule has 116 valence electrons. The zero-order valence-corrected chi connectivity index (χ0v) is 13.7. The highest BCUT2D eigenvalue weighted by atomic mass is 35.5. The molecule has 0 saturated carbocycles. The predicted octanol–water partition coefficient (Wildman–Crippen LogP) is 3.32. The van der Waals surface area contributed by atoms with E-state index >= 15 is 0 Å². The summed E-state index contributed by atoms with van der Waals surface area (Å²) < 4.78 is 6.03. The molecule has 0 spiro atoms. The molecule has 2 N–H and O–H groups in total. The van der Waals surface area contributed by atoms with Crippen molar-refractivity contribution >= 4 is 11.6 Å². The molecule has 0 aliphatic carbocycles. The molecule has 1 aliphatic heterocycles. The summed E-state index contributed by atoms with van der Waals surface area (Å²) in [5, 5.41) is 0.703. The summed E-state index contributed by atoms with van der Waals surface area (Å²) in [6.45, 7) is 4.54. The lowest BCUT2D eigenvalue weighted by molar-refractivity contribution is 0.242. The van der Waals surface area contributed by atoms with E-state index in [4.69, 9.17) is 22.1 Å². The molecular weight excluding hydrogens is 298 g/mol. The predicted molar refractivity (Wildman–Crippen MR) is 88.4 cm³/mol. The first-order chi connectivity index (χ1) is 10.6. The summed E-state index contributed by atoms with van der Waals surface area (Å²) in [7, 11) is 0. The fraction of sp³-hybridized carbons (Fsp3) is 0.412. The Morgan fingerprint density at radius 2 is 2.23 bits per heavy atom. The van der Waals surface area contributed by atoms with Gasteiger partial charge in [-0.3, -0.25) is 0 Å². The number of ether oxygens (including phenoxy) is 1. The lowest BCUT2D eigenvalue weighted by Crippen LogP contribution is -2.24. The Bertz CT molecular complexity index is 703. The molecule has 2 aromatic rings. The largest absolute Gasteiger partial charge is 0.488 e. The highest BCUT2D eigenvalue weighted by Gasteiger charge is 2.27. The first-order valence-corrected chi connectivity index (χ1v) is 8.02. The van der Waals surface area contributed by atoms with Crippen LogP contribution in [0.4, 0.5) is 0 Å². The molecule has 2 heterocycles. The topological polar surface area (TPSA) is 61.0 Å². The molecule has 4 nitrogen and oxygen atoms in total. The van der Waals surface area contributed by atoms with E-state index in [9.17, 15) is 0 Å². The van der Waals surface area contributed by atoms with Crippen LogP contribution in [0, 0.1) is 6.92 Å². The van der Waals surface area contributed by atoms with Crippen molar-refractivity contribution < 1.29 is 4.74 Å². The second-order valence-corrected chi connectivity index (χ2v) is 6.10. The Morgan fingerprint density at radius 1 is 1.41 bits per heavy atom. The third-order valence-corrected chi connectivity index (χ3v) is 4.10. The minimum absolute atomic E-state index is 0.0183. The van der Waals surface area contributed by atoms with E-state index in [-0.39, 0.29) is 6.10 Å². The van der Waals surface area contributed by atoms with Crippen molar-refractivity contribution in [3.05, 3.63) is 40.3 Å². The number of nitrogens with two attached hydrogens (primary N) is 1. The smallest absolute Gasteiger partial charge is 0.132 e. The maximum Gasteiger partial charge on any atom is 0.132 e. The second-order valence-electron chi connectivity index (χ2n) is 5.66. The van der Waals surface area contributed by atoms with Crippen molar-refractivity contribution in [3.8, 4) is 17.0 Å². The molecule has 0 saturated heterocycles. The van der Waals surface area contributed by atoms with Crippen molar-refractivity contribution in [1.82, 2.24) is 9.97 Å². The van der Waals surface area contributed by atoms with Crippen LogP contribution in [0.3, 0.4) is 0 Å². The summed E-state index contributed by atoms with van der Waals surface area (Å²) in [5.74, 6) is 1.62. The van der Waals surface area contributed by atoms with E-state index in [1.807, 2.05) is 25.3 Å². The Morgan fingerprint density at radius 3 is 2.95 bits per heavy atom. The summed E-state index contributed by atoms with van der Waals surface area (Å²) in [6, 6.07) is 3.89. The molecule has 0 bridgehead atoms. The van der Waals surface area contributed by atoms with Gasteiger partial charge < -0.3 is 10.5 Å². The van der Waals surface area contributed by atoms with Crippen molar-refractivity contribution in [1.29, 1.82) is 0 Å². The summed E-state index contributed by atoms with van der Waals surface area (Å²) in [6.07, 6.45) is 4.69. The van der Waals surface area contributed by atoms with Gasteiger partial charge in [0, 0.05) is 35.3 Å². The third kappa shape index (κ3) is 2.81. The van der Waals surface area contributed by atoms with Crippen LogP contribution in [0.1, 0.15) is 30.3 Å². The van der Waals surface area contributed by atoms with Crippen LogP contribution in [-0.2, 0) is 12.8 Å². The average molecular weight is 318 g/mol. The van der Waals surface area contributed by atoms with Gasteiger partial charge in [-0.2, -0.15) is 0 Å². The number of aryl methyl sites for hydroxylation is 2. The van der Waals surface area contributed by atoms with Crippen LogP contribution in [-0.4, -0.2) is 22.6 Å². The van der Waals surface area contributed by atoms with E-state index in [0.29, 0.717) is 11.6 Å². The van der Waals surface area contributed by atoms with Gasteiger partial charge in [0.25, 0.3) is 0 Å². The van der Waals surface area contributed by atoms with Crippen molar-refractivity contribution in [2.24, 2.45) is 5.73 Å². The van der Waals surface area contributed by atoms with Gasteiger partial charge >= 0.3 is 0 Å². The molecule has 0 amide bonds. The number of rotatable bonds is 4. The summed E-state index contributed by atoms with van der Waals surface area (Å²) in [5.41, 5.74) is 9.86. The number of aromatic nitrogens is 2. The molecular formula is C17H20ClN3O. The van der Waals surface area contributed by atoms with Crippen LogP contribution < -0.4 is 10.5 Å². The molecule has 1 aliphatic rings. The van der Waals surface area contributed by atoms with E-state index < -0.39 is 0 Å². The van der Waals surface area contributed by atoms with Crippen LogP contribution in [0.5, 0.6) is 5.75 Å². The van der Waals surface area contributed by atoms with E-state index in [1.54, 1.807) is 0 Å². The number of hydrogen-bond donors (Lipinski definition) is 1. The van der Waals surface area contributed by atoms with Gasteiger partial charge in [0.2, 0.25) is 0 Å². The molecule has 0 unspecified atom stereocenters. The van der Waals surface area contributed by atoms with Gasteiger partial charge in [0.05, 0.1) is 5.69 Å². The molecule has 1 aromatic carbocycles. The third-order valence-electron chi connectivity index (χ3n) is 3.89. The number of benzene rings is 1. The van der Waals surface area contributed by atoms with Crippen molar-refractivity contribution in [2.75, 3.05) is 6.54 Å². The maximum atomic E-state index is 6.31. The molecule has 0 radical (unpaired) electrons. The Labute approximate surface area is 135 Å². The highest BCUT2D eigenvalue weighted by molar-refractivity contribution is 6.31. The molecule has 1 aromatic heterocycles.